The molecule has 0 unspecified atom stereocenters. The van der Waals surface area contributed by atoms with Crippen LogP contribution in [0.15, 0.2) is 53.4 Å². The minimum atomic E-state index is -3.45. The Labute approximate surface area is 165 Å². The lowest BCUT2D eigenvalue weighted by atomic mass is 10.1. The number of benzene rings is 2. The van der Waals surface area contributed by atoms with E-state index in [9.17, 15) is 13.2 Å². The van der Waals surface area contributed by atoms with Crippen LogP contribution in [-0.2, 0) is 32.6 Å². The molecule has 0 aromatic heterocycles. The van der Waals surface area contributed by atoms with Crippen LogP contribution in [0.4, 0.5) is 0 Å². The van der Waals surface area contributed by atoms with Crippen LogP contribution in [0.25, 0.3) is 0 Å². The van der Waals surface area contributed by atoms with Gasteiger partial charge in [-0.25, -0.2) is 8.42 Å². The molecule has 1 fully saturated rings. The van der Waals surface area contributed by atoms with E-state index in [1.54, 1.807) is 48.5 Å². The number of halogens is 1. The van der Waals surface area contributed by atoms with Gasteiger partial charge in [0.1, 0.15) is 6.61 Å². The largest absolute Gasteiger partial charge is 0.461 e. The minimum Gasteiger partial charge on any atom is -0.461 e. The summed E-state index contributed by atoms with van der Waals surface area (Å²) in [5.74, 6) is -0.364. The predicted molar refractivity (Wildman–Crippen MR) is 104 cm³/mol. The highest BCUT2D eigenvalue weighted by atomic mass is 35.5. The number of esters is 1. The van der Waals surface area contributed by atoms with Crippen LogP contribution >= 0.6 is 11.6 Å². The van der Waals surface area contributed by atoms with Gasteiger partial charge in [0.05, 0.1) is 11.3 Å². The van der Waals surface area contributed by atoms with E-state index < -0.39 is 10.0 Å². The monoisotopic (exact) mass is 407 g/mol. The van der Waals surface area contributed by atoms with Gasteiger partial charge in [-0.3, -0.25) is 4.79 Å². The highest BCUT2D eigenvalue weighted by Crippen LogP contribution is 2.21. The average Bonchev–Trinajstić information content (AvgIpc) is 2.69. The molecule has 0 bridgehead atoms. The van der Waals surface area contributed by atoms with E-state index in [0.29, 0.717) is 23.7 Å². The molecule has 0 atom stereocenters. The molecule has 0 N–H and O–H groups in total. The van der Waals surface area contributed by atoms with Crippen molar-refractivity contribution in [3.05, 3.63) is 64.7 Å². The third-order valence-corrected chi connectivity index (χ3v) is 6.70. The molecule has 2 aromatic rings. The van der Waals surface area contributed by atoms with Crippen molar-refractivity contribution in [1.82, 2.24) is 4.31 Å². The molecule has 0 amide bonds. The normalized spacial score (nSPS) is 15.4. The topological polar surface area (TPSA) is 63.7 Å². The summed E-state index contributed by atoms with van der Waals surface area (Å²) >= 11 is 5.82. The van der Waals surface area contributed by atoms with Crippen molar-refractivity contribution >= 4 is 27.6 Å². The molecule has 0 aliphatic carbocycles. The Bertz CT molecular complexity index is 873. The summed E-state index contributed by atoms with van der Waals surface area (Å²) in [5.41, 5.74) is 1.57. The Morgan fingerprint density at radius 3 is 2.15 bits per heavy atom. The van der Waals surface area contributed by atoms with Crippen molar-refractivity contribution in [3.63, 3.8) is 0 Å². The maximum atomic E-state index is 12.6. The van der Waals surface area contributed by atoms with E-state index in [1.807, 2.05) is 0 Å². The van der Waals surface area contributed by atoms with Gasteiger partial charge in [0.2, 0.25) is 10.0 Å². The van der Waals surface area contributed by atoms with Gasteiger partial charge in [0.25, 0.3) is 0 Å². The first kappa shape index (κ1) is 19.9. The zero-order valence-corrected chi connectivity index (χ0v) is 16.5. The number of rotatable bonds is 6. The molecule has 3 rings (SSSR count). The third-order valence-electron chi connectivity index (χ3n) is 4.54. The van der Waals surface area contributed by atoms with E-state index in [-0.39, 0.29) is 23.9 Å². The summed E-state index contributed by atoms with van der Waals surface area (Å²) in [5, 5.41) is 0.629. The van der Waals surface area contributed by atoms with Crippen molar-refractivity contribution in [2.24, 2.45) is 0 Å². The molecule has 1 saturated heterocycles. The quantitative estimate of drug-likeness (QED) is 0.683. The van der Waals surface area contributed by atoms with Crippen LogP contribution in [0.1, 0.15) is 30.4 Å². The second-order valence-corrected chi connectivity index (χ2v) is 8.95. The van der Waals surface area contributed by atoms with E-state index in [2.05, 4.69) is 0 Å². The molecule has 2 aromatic carbocycles. The fourth-order valence-electron chi connectivity index (χ4n) is 3.00. The first-order chi connectivity index (χ1) is 12.9. The zero-order valence-electron chi connectivity index (χ0n) is 14.9. The van der Waals surface area contributed by atoms with Crippen molar-refractivity contribution in [3.8, 4) is 0 Å². The minimum absolute atomic E-state index is 0.0949. The molecular formula is C20H22ClNO4S. The molecular weight excluding hydrogens is 386 g/mol. The molecule has 5 nitrogen and oxygen atoms in total. The van der Waals surface area contributed by atoms with Gasteiger partial charge in [-0.1, -0.05) is 42.3 Å². The second-order valence-electron chi connectivity index (χ2n) is 6.57. The van der Waals surface area contributed by atoms with Crippen molar-refractivity contribution in [1.29, 1.82) is 0 Å². The summed E-state index contributed by atoms with van der Waals surface area (Å²) in [7, 11) is -3.45. The third kappa shape index (κ3) is 5.31. The molecule has 0 saturated carbocycles. The maximum Gasteiger partial charge on any atom is 0.310 e. The summed E-state index contributed by atoms with van der Waals surface area (Å²) in [6.07, 6.45) is 2.97. The van der Waals surface area contributed by atoms with Gasteiger partial charge in [0.15, 0.2) is 0 Å². The number of carbonyl (C=O) groups is 1. The number of piperidine rings is 1. The lowest BCUT2D eigenvalue weighted by Gasteiger charge is -2.25. The second kappa shape index (κ2) is 8.87. The summed E-state index contributed by atoms with van der Waals surface area (Å²) in [6.45, 7) is 1.32. The van der Waals surface area contributed by atoms with Gasteiger partial charge in [-0.05, 0) is 48.2 Å². The molecule has 0 spiro atoms. The first-order valence-electron chi connectivity index (χ1n) is 8.94. The Morgan fingerprint density at radius 1 is 0.926 bits per heavy atom. The van der Waals surface area contributed by atoms with Crippen LogP contribution in [-0.4, -0.2) is 31.8 Å². The number of ether oxygens (including phenoxy) is 1. The van der Waals surface area contributed by atoms with Gasteiger partial charge in [-0.15, -0.1) is 0 Å². The van der Waals surface area contributed by atoms with Crippen LogP contribution in [0.3, 0.4) is 0 Å². The summed E-state index contributed by atoms with van der Waals surface area (Å²) < 4.78 is 32.0. The number of hydrogen-bond acceptors (Lipinski definition) is 4. The van der Waals surface area contributed by atoms with E-state index >= 15 is 0 Å². The van der Waals surface area contributed by atoms with Crippen LogP contribution < -0.4 is 0 Å². The van der Waals surface area contributed by atoms with Crippen LogP contribution in [0, 0.1) is 0 Å². The Hall–Kier alpha value is -1.89. The van der Waals surface area contributed by atoms with Crippen molar-refractivity contribution in [2.75, 3.05) is 13.1 Å². The molecule has 144 valence electrons. The molecule has 7 heteroatoms. The highest BCUT2D eigenvalue weighted by molar-refractivity contribution is 7.89. The van der Waals surface area contributed by atoms with Crippen molar-refractivity contribution in [2.45, 2.75) is 37.2 Å². The van der Waals surface area contributed by atoms with Gasteiger partial charge >= 0.3 is 5.97 Å². The number of hydrogen-bond donors (Lipinski definition) is 0. The first-order valence-corrected chi connectivity index (χ1v) is 10.8. The number of sulfonamides is 1. The van der Waals surface area contributed by atoms with Crippen LogP contribution in [0.2, 0.25) is 5.02 Å². The smallest absolute Gasteiger partial charge is 0.310 e. The maximum absolute atomic E-state index is 12.6. The highest BCUT2D eigenvalue weighted by Gasteiger charge is 2.25. The van der Waals surface area contributed by atoms with Gasteiger partial charge < -0.3 is 4.74 Å². The predicted octanol–water partition coefficient (Wildman–Crippen LogP) is 3.80. The molecule has 27 heavy (non-hydrogen) atoms. The fourth-order valence-corrected chi connectivity index (χ4v) is 4.64. The van der Waals surface area contributed by atoms with E-state index in [4.69, 9.17) is 16.3 Å². The zero-order chi connectivity index (χ0) is 19.3. The molecule has 1 aliphatic heterocycles. The summed E-state index contributed by atoms with van der Waals surface area (Å²) in [4.78, 5) is 12.3. The average molecular weight is 408 g/mol. The lowest BCUT2D eigenvalue weighted by molar-refractivity contribution is -0.144. The van der Waals surface area contributed by atoms with Crippen molar-refractivity contribution < 1.29 is 17.9 Å². The summed E-state index contributed by atoms with van der Waals surface area (Å²) in [6, 6.07) is 13.5. The molecule has 0 radical (unpaired) electrons. The SMILES string of the molecule is O=C(Cc1ccc(S(=O)(=O)N2CCCCC2)cc1)OCc1ccc(Cl)cc1. The fraction of sp³-hybridized carbons (Fsp3) is 0.350. The Balaban J connectivity index is 1.56. The van der Waals surface area contributed by atoms with E-state index in [1.165, 1.54) is 4.31 Å². The van der Waals surface area contributed by atoms with Crippen LogP contribution in [0.5, 0.6) is 0 Å². The Morgan fingerprint density at radius 2 is 1.52 bits per heavy atom. The van der Waals surface area contributed by atoms with Gasteiger partial charge in [0, 0.05) is 18.1 Å². The molecule has 1 heterocycles. The standard InChI is InChI=1S/C20H22ClNO4S/c21-18-8-4-17(5-9-18)15-26-20(23)14-16-6-10-19(11-7-16)27(24,25)22-12-2-1-3-13-22/h4-11H,1-3,12-15H2. The van der Waals surface area contributed by atoms with E-state index in [0.717, 1.165) is 24.8 Å². The molecule has 1 aliphatic rings. The Kier molecular flexibility index (Phi) is 6.52. The van der Waals surface area contributed by atoms with Gasteiger partial charge in [-0.2, -0.15) is 4.31 Å². The number of nitrogens with zero attached hydrogens (tertiary/aromatic N) is 1. The number of carbonyl (C=O) groups excluding carboxylic acids is 1. The lowest BCUT2D eigenvalue weighted by Crippen LogP contribution is -2.35.